The van der Waals surface area contributed by atoms with E-state index in [-0.39, 0.29) is 0 Å². The number of ether oxygens (including phenoxy) is 3. The molecule has 1 amide bonds. The van der Waals surface area contributed by atoms with Gasteiger partial charge in [-0.05, 0) is 62.2 Å². The first kappa shape index (κ1) is 20.3. The third kappa shape index (κ3) is 6.02. The van der Waals surface area contributed by atoms with Gasteiger partial charge in [-0.1, -0.05) is 19.1 Å². The van der Waals surface area contributed by atoms with Crippen molar-refractivity contribution in [3.63, 3.8) is 0 Å². The molecule has 0 saturated heterocycles. The normalized spacial score (nSPS) is 12.6. The molecule has 0 bridgehead atoms. The largest absolute Gasteiger partial charge is 0.497 e. The summed E-state index contributed by atoms with van der Waals surface area (Å²) < 4.78 is 15.8. The van der Waals surface area contributed by atoms with E-state index in [0.717, 1.165) is 6.42 Å². The third-order valence-corrected chi connectivity index (χ3v) is 4.00. The van der Waals surface area contributed by atoms with E-state index < -0.39 is 24.1 Å². The zero-order valence-electron chi connectivity index (χ0n) is 16.0. The van der Waals surface area contributed by atoms with E-state index in [1.54, 1.807) is 38.3 Å². The van der Waals surface area contributed by atoms with Crippen LogP contribution in [0.4, 0.5) is 5.69 Å². The molecule has 0 aliphatic carbocycles. The van der Waals surface area contributed by atoms with E-state index in [1.165, 1.54) is 12.5 Å². The van der Waals surface area contributed by atoms with Crippen molar-refractivity contribution in [2.45, 2.75) is 39.4 Å². The van der Waals surface area contributed by atoms with Gasteiger partial charge < -0.3 is 19.5 Å². The van der Waals surface area contributed by atoms with Crippen molar-refractivity contribution < 1.29 is 23.8 Å². The Labute approximate surface area is 159 Å². The molecular weight excluding hydrogens is 346 g/mol. The monoisotopic (exact) mass is 371 g/mol. The van der Waals surface area contributed by atoms with Gasteiger partial charge in [-0.25, -0.2) is 4.79 Å². The summed E-state index contributed by atoms with van der Waals surface area (Å²) in [6.07, 6.45) is -0.864. The summed E-state index contributed by atoms with van der Waals surface area (Å²) in [6, 6.07) is 14.4. The van der Waals surface area contributed by atoms with Gasteiger partial charge in [0.15, 0.2) is 12.2 Å². The highest BCUT2D eigenvalue weighted by Gasteiger charge is 2.23. The lowest BCUT2D eigenvalue weighted by molar-refractivity contribution is -0.159. The minimum atomic E-state index is -0.940. The van der Waals surface area contributed by atoms with E-state index in [9.17, 15) is 9.59 Å². The van der Waals surface area contributed by atoms with Gasteiger partial charge in [0.25, 0.3) is 5.91 Å². The van der Waals surface area contributed by atoms with Crippen LogP contribution in [0.25, 0.3) is 0 Å². The number of methoxy groups -OCH3 is 1. The molecule has 0 aliphatic heterocycles. The van der Waals surface area contributed by atoms with Crippen molar-refractivity contribution >= 4 is 17.6 Å². The van der Waals surface area contributed by atoms with Crippen LogP contribution < -0.4 is 14.8 Å². The van der Waals surface area contributed by atoms with Crippen LogP contribution in [0.15, 0.2) is 48.5 Å². The van der Waals surface area contributed by atoms with Crippen molar-refractivity contribution in [3.05, 3.63) is 54.1 Å². The molecule has 0 fully saturated rings. The van der Waals surface area contributed by atoms with E-state index in [1.807, 2.05) is 24.3 Å². The molecule has 144 valence electrons. The van der Waals surface area contributed by atoms with Crippen molar-refractivity contribution in [2.24, 2.45) is 0 Å². The van der Waals surface area contributed by atoms with Crippen molar-refractivity contribution in [1.82, 2.24) is 0 Å². The van der Waals surface area contributed by atoms with Crippen LogP contribution in [0.1, 0.15) is 26.3 Å². The van der Waals surface area contributed by atoms with Crippen molar-refractivity contribution in [3.8, 4) is 11.5 Å². The predicted molar refractivity (Wildman–Crippen MR) is 103 cm³/mol. The minimum Gasteiger partial charge on any atom is -0.497 e. The number of nitrogens with one attached hydrogen (secondary N) is 1. The molecule has 27 heavy (non-hydrogen) atoms. The summed E-state index contributed by atoms with van der Waals surface area (Å²) >= 11 is 0. The zero-order chi connectivity index (χ0) is 19.8. The van der Waals surface area contributed by atoms with Gasteiger partial charge in [-0.3, -0.25) is 4.79 Å². The Balaban J connectivity index is 1.85. The molecule has 2 atom stereocenters. The Morgan fingerprint density at radius 1 is 0.926 bits per heavy atom. The number of amides is 1. The van der Waals surface area contributed by atoms with Crippen LogP contribution in [-0.2, 0) is 20.7 Å². The molecule has 2 unspecified atom stereocenters. The topological polar surface area (TPSA) is 73.9 Å². The van der Waals surface area contributed by atoms with Crippen molar-refractivity contribution in [2.75, 3.05) is 12.4 Å². The second kappa shape index (κ2) is 9.62. The van der Waals surface area contributed by atoms with Gasteiger partial charge in [-0.2, -0.15) is 0 Å². The smallest absolute Gasteiger partial charge is 0.347 e. The van der Waals surface area contributed by atoms with E-state index >= 15 is 0 Å². The maximum absolute atomic E-state index is 12.2. The minimum absolute atomic E-state index is 0.399. The van der Waals surface area contributed by atoms with Crippen molar-refractivity contribution in [1.29, 1.82) is 0 Å². The van der Waals surface area contributed by atoms with Crippen LogP contribution in [-0.4, -0.2) is 31.2 Å². The van der Waals surface area contributed by atoms with Gasteiger partial charge in [0, 0.05) is 5.69 Å². The third-order valence-electron chi connectivity index (χ3n) is 4.00. The Morgan fingerprint density at radius 2 is 1.52 bits per heavy atom. The highest BCUT2D eigenvalue weighted by atomic mass is 16.6. The second-order valence-electron chi connectivity index (χ2n) is 6.05. The summed E-state index contributed by atoms with van der Waals surface area (Å²) in [5.74, 6) is 0.183. The molecular formula is C21H25NO5. The fourth-order valence-electron chi connectivity index (χ4n) is 2.30. The molecule has 0 saturated carbocycles. The number of hydrogen-bond acceptors (Lipinski definition) is 5. The fourth-order valence-corrected chi connectivity index (χ4v) is 2.30. The molecule has 6 heteroatoms. The molecule has 2 aromatic carbocycles. The van der Waals surface area contributed by atoms with Crippen LogP contribution >= 0.6 is 0 Å². The molecule has 0 aromatic heterocycles. The molecule has 0 aliphatic rings. The Hall–Kier alpha value is -3.02. The number of carbonyl (C=O) groups excluding carboxylic acids is 2. The maximum Gasteiger partial charge on any atom is 0.347 e. The molecule has 2 rings (SSSR count). The molecule has 0 heterocycles. The molecule has 0 spiro atoms. The highest BCUT2D eigenvalue weighted by Crippen LogP contribution is 2.18. The van der Waals surface area contributed by atoms with Gasteiger partial charge in [-0.15, -0.1) is 0 Å². The lowest BCUT2D eigenvalue weighted by Gasteiger charge is -2.18. The number of rotatable bonds is 8. The molecule has 0 radical (unpaired) electrons. The average Bonchev–Trinajstić information content (AvgIpc) is 2.68. The summed E-state index contributed by atoms with van der Waals surface area (Å²) in [6.45, 7) is 5.15. The first-order valence-electron chi connectivity index (χ1n) is 8.84. The zero-order valence-corrected chi connectivity index (χ0v) is 16.0. The standard InChI is InChI=1S/C21H25NO5/c1-5-16-6-8-17(9-7-16)22-20(23)14(2)27-21(24)15(3)26-19-12-10-18(25-4)11-13-19/h6-15H,5H2,1-4H3,(H,22,23). The summed E-state index contributed by atoms with van der Waals surface area (Å²) in [4.78, 5) is 24.4. The number of hydrogen-bond donors (Lipinski definition) is 1. The van der Waals surface area contributed by atoms with Crippen LogP contribution in [0.5, 0.6) is 11.5 Å². The number of carbonyl (C=O) groups is 2. The maximum atomic E-state index is 12.2. The van der Waals surface area contributed by atoms with Gasteiger partial charge in [0.2, 0.25) is 0 Å². The predicted octanol–water partition coefficient (Wildman–Crippen LogP) is 3.60. The fraction of sp³-hybridized carbons (Fsp3) is 0.333. The number of anilines is 1. The molecule has 6 nitrogen and oxygen atoms in total. The van der Waals surface area contributed by atoms with E-state index in [4.69, 9.17) is 14.2 Å². The number of aryl methyl sites for hydroxylation is 1. The second-order valence-corrected chi connectivity index (χ2v) is 6.05. The average molecular weight is 371 g/mol. The number of esters is 1. The summed E-state index contributed by atoms with van der Waals surface area (Å²) in [7, 11) is 1.57. The Kier molecular flexibility index (Phi) is 7.23. The van der Waals surface area contributed by atoms with E-state index in [2.05, 4.69) is 12.2 Å². The Bertz CT molecular complexity index is 755. The van der Waals surface area contributed by atoms with Crippen LogP contribution in [0, 0.1) is 0 Å². The summed E-state index contributed by atoms with van der Waals surface area (Å²) in [5.41, 5.74) is 1.83. The SMILES string of the molecule is CCc1ccc(NC(=O)C(C)OC(=O)C(C)Oc2ccc(OC)cc2)cc1. The first-order chi connectivity index (χ1) is 12.9. The lowest BCUT2D eigenvalue weighted by atomic mass is 10.1. The molecule has 2 aromatic rings. The first-order valence-corrected chi connectivity index (χ1v) is 8.84. The van der Waals surface area contributed by atoms with Gasteiger partial charge >= 0.3 is 5.97 Å². The van der Waals surface area contributed by atoms with E-state index in [0.29, 0.717) is 17.2 Å². The van der Waals surface area contributed by atoms with Crippen LogP contribution in [0.3, 0.4) is 0 Å². The quantitative estimate of drug-likeness (QED) is 0.718. The Morgan fingerprint density at radius 3 is 2.07 bits per heavy atom. The van der Waals surface area contributed by atoms with Gasteiger partial charge in [0.1, 0.15) is 11.5 Å². The number of benzene rings is 2. The highest BCUT2D eigenvalue weighted by molar-refractivity contribution is 5.95. The van der Waals surface area contributed by atoms with Crippen LogP contribution in [0.2, 0.25) is 0 Å². The summed E-state index contributed by atoms with van der Waals surface area (Å²) in [5, 5.41) is 2.73. The molecule has 1 N–H and O–H groups in total. The van der Waals surface area contributed by atoms with Gasteiger partial charge in [0.05, 0.1) is 7.11 Å². The lowest BCUT2D eigenvalue weighted by Crippen LogP contribution is -2.35.